The van der Waals surface area contributed by atoms with Crippen molar-refractivity contribution >= 4 is 34.7 Å². The number of benzene rings is 2. The summed E-state index contributed by atoms with van der Waals surface area (Å²) in [5, 5.41) is 12.4. The van der Waals surface area contributed by atoms with Gasteiger partial charge >= 0.3 is 5.97 Å². The zero-order valence-electron chi connectivity index (χ0n) is 23.6. The monoisotopic (exact) mass is 567 g/mol. The summed E-state index contributed by atoms with van der Waals surface area (Å²) in [6, 6.07) is 10.9. The topological polar surface area (TPSA) is 114 Å². The SMILES string of the molecule is CCOC[C@@H]1CC[C@@H](COC2CCC(C(=O)O)CC2)N1C(=O)Cc1ccc2nc(Nc3ccccc3C)oc2c1F. The molecule has 2 aliphatic rings. The Morgan fingerprint density at radius 1 is 1.07 bits per heavy atom. The number of carbonyl (C=O) groups is 2. The molecule has 2 heterocycles. The van der Waals surface area contributed by atoms with Crippen molar-refractivity contribution in [2.75, 3.05) is 25.1 Å². The second-order valence-electron chi connectivity index (χ2n) is 11.0. The van der Waals surface area contributed by atoms with Gasteiger partial charge in [-0.15, -0.1) is 0 Å². The third-order valence-electron chi connectivity index (χ3n) is 8.28. The molecule has 5 rings (SSSR count). The number of hydrogen-bond donors (Lipinski definition) is 2. The van der Waals surface area contributed by atoms with E-state index >= 15 is 4.39 Å². The van der Waals surface area contributed by atoms with Gasteiger partial charge in [0, 0.05) is 17.9 Å². The highest BCUT2D eigenvalue weighted by Crippen LogP contribution is 2.31. The largest absolute Gasteiger partial charge is 0.481 e. The zero-order valence-corrected chi connectivity index (χ0v) is 23.6. The molecule has 1 aliphatic heterocycles. The quantitative estimate of drug-likeness (QED) is 0.307. The van der Waals surface area contributed by atoms with Crippen LogP contribution in [0.5, 0.6) is 0 Å². The molecular weight excluding hydrogens is 529 g/mol. The highest BCUT2D eigenvalue weighted by molar-refractivity contribution is 5.83. The molecule has 1 aliphatic carbocycles. The van der Waals surface area contributed by atoms with Crippen molar-refractivity contribution in [2.45, 2.75) is 77.0 Å². The van der Waals surface area contributed by atoms with Crippen LogP contribution >= 0.6 is 0 Å². The van der Waals surface area contributed by atoms with Crippen LogP contribution < -0.4 is 5.32 Å². The summed E-state index contributed by atoms with van der Waals surface area (Å²) in [6.45, 7) is 5.20. The molecular formula is C31H38FN3O6. The summed E-state index contributed by atoms with van der Waals surface area (Å²) in [5.41, 5.74) is 2.44. The van der Waals surface area contributed by atoms with E-state index in [-0.39, 0.29) is 53.6 Å². The lowest BCUT2D eigenvalue weighted by Gasteiger charge is -2.32. The highest BCUT2D eigenvalue weighted by atomic mass is 19.1. The van der Waals surface area contributed by atoms with Crippen molar-refractivity contribution in [2.24, 2.45) is 5.92 Å². The number of aliphatic carboxylic acids is 1. The van der Waals surface area contributed by atoms with Gasteiger partial charge in [0.25, 0.3) is 6.01 Å². The van der Waals surface area contributed by atoms with Crippen molar-refractivity contribution in [3.63, 3.8) is 0 Å². The third-order valence-corrected chi connectivity index (χ3v) is 8.28. The number of oxazole rings is 1. The molecule has 1 aromatic heterocycles. The van der Waals surface area contributed by atoms with E-state index in [1.54, 1.807) is 12.1 Å². The van der Waals surface area contributed by atoms with Crippen LogP contribution in [0, 0.1) is 18.7 Å². The number of aryl methyl sites for hydroxylation is 1. The molecule has 3 aromatic rings. The number of carbonyl (C=O) groups excluding carboxylic acids is 1. The number of nitrogens with zero attached hydrogens (tertiary/aromatic N) is 2. The molecule has 1 saturated heterocycles. The number of hydrogen-bond acceptors (Lipinski definition) is 7. The predicted molar refractivity (Wildman–Crippen MR) is 152 cm³/mol. The first-order valence-corrected chi connectivity index (χ1v) is 14.5. The molecule has 0 unspecified atom stereocenters. The van der Waals surface area contributed by atoms with Gasteiger partial charge in [0.15, 0.2) is 11.4 Å². The highest BCUT2D eigenvalue weighted by Gasteiger charge is 2.38. The Hall–Kier alpha value is -3.50. The molecule has 10 heteroatoms. The van der Waals surface area contributed by atoms with Crippen LogP contribution in [0.15, 0.2) is 40.8 Å². The summed E-state index contributed by atoms with van der Waals surface area (Å²) in [4.78, 5) is 31.1. The normalized spacial score (nSPS) is 22.8. The molecule has 0 bridgehead atoms. The first kappa shape index (κ1) is 29.0. The Kier molecular flexibility index (Phi) is 9.19. The van der Waals surface area contributed by atoms with Crippen molar-refractivity contribution in [3.8, 4) is 0 Å². The molecule has 2 N–H and O–H groups in total. The third kappa shape index (κ3) is 6.70. The molecule has 2 fully saturated rings. The molecule has 9 nitrogen and oxygen atoms in total. The van der Waals surface area contributed by atoms with Crippen LogP contribution in [0.25, 0.3) is 11.1 Å². The van der Waals surface area contributed by atoms with Crippen molar-refractivity contribution in [3.05, 3.63) is 53.3 Å². The summed E-state index contributed by atoms with van der Waals surface area (Å²) < 4.78 is 33.2. The van der Waals surface area contributed by atoms with E-state index in [1.807, 2.05) is 43.0 Å². The smallest absolute Gasteiger partial charge is 0.306 e. The average molecular weight is 568 g/mol. The number of halogens is 1. The Morgan fingerprint density at radius 2 is 1.80 bits per heavy atom. The minimum absolute atomic E-state index is 0.00974. The lowest BCUT2D eigenvalue weighted by molar-refractivity contribution is -0.144. The van der Waals surface area contributed by atoms with Gasteiger partial charge in [0.2, 0.25) is 5.91 Å². The van der Waals surface area contributed by atoms with Gasteiger partial charge in [-0.05, 0) is 70.1 Å². The summed E-state index contributed by atoms with van der Waals surface area (Å²) in [6.07, 6.45) is 4.02. The number of likely N-dealkylation sites (tertiary alicyclic amines) is 1. The van der Waals surface area contributed by atoms with Gasteiger partial charge in [0.1, 0.15) is 5.52 Å². The van der Waals surface area contributed by atoms with Crippen LogP contribution in [0.2, 0.25) is 0 Å². The van der Waals surface area contributed by atoms with Crippen LogP contribution in [-0.2, 0) is 25.5 Å². The standard InChI is InChI=1S/C31H38FN3O6/c1-3-39-17-22-11-12-23(18-40-24-13-8-20(9-14-24)30(37)38)35(22)27(36)16-21-10-15-26-29(28(21)32)41-31(34-26)33-25-7-5-4-6-19(25)2/h4-7,10,15,20,22-24H,3,8-9,11-14,16-18H2,1-2H3,(H,33,34)(H,37,38)/t20?,22-,23-,24?/m0/s1. The number of rotatable bonds is 11. The van der Waals surface area contributed by atoms with E-state index < -0.39 is 11.8 Å². The van der Waals surface area contributed by atoms with Crippen molar-refractivity contribution < 1.29 is 33.0 Å². The summed E-state index contributed by atoms with van der Waals surface area (Å²) in [5.74, 6) is -1.83. The minimum Gasteiger partial charge on any atom is -0.481 e. The van der Waals surface area contributed by atoms with Gasteiger partial charge in [-0.25, -0.2) is 4.39 Å². The average Bonchev–Trinajstić information content (AvgIpc) is 3.58. The fourth-order valence-corrected chi connectivity index (χ4v) is 5.95. The number of carboxylic acid groups (broad SMARTS) is 1. The van der Waals surface area contributed by atoms with Gasteiger partial charge in [0.05, 0.1) is 43.7 Å². The molecule has 220 valence electrons. The molecule has 0 spiro atoms. The number of aromatic nitrogens is 1. The number of amides is 1. The van der Waals surface area contributed by atoms with Gasteiger partial charge < -0.3 is 29.2 Å². The Labute approximate surface area is 239 Å². The number of nitrogens with one attached hydrogen (secondary N) is 1. The van der Waals surface area contributed by atoms with E-state index in [0.29, 0.717) is 51.0 Å². The van der Waals surface area contributed by atoms with Crippen LogP contribution in [0.4, 0.5) is 16.1 Å². The maximum absolute atomic E-state index is 15.6. The Morgan fingerprint density at radius 3 is 2.51 bits per heavy atom. The number of anilines is 2. The molecule has 1 saturated carbocycles. The minimum atomic E-state index is -0.746. The van der Waals surface area contributed by atoms with E-state index in [0.717, 1.165) is 24.1 Å². The van der Waals surface area contributed by atoms with Gasteiger partial charge in [-0.3, -0.25) is 9.59 Å². The number of carboxylic acids is 1. The van der Waals surface area contributed by atoms with Crippen LogP contribution in [0.3, 0.4) is 0 Å². The van der Waals surface area contributed by atoms with E-state index in [2.05, 4.69) is 10.3 Å². The molecule has 1 amide bonds. The number of ether oxygens (including phenoxy) is 2. The number of fused-ring (bicyclic) bond motifs is 1. The van der Waals surface area contributed by atoms with Gasteiger partial charge in [-0.1, -0.05) is 24.3 Å². The van der Waals surface area contributed by atoms with E-state index in [4.69, 9.17) is 13.9 Å². The number of para-hydroxylation sites is 1. The second kappa shape index (κ2) is 13.0. The van der Waals surface area contributed by atoms with Crippen molar-refractivity contribution in [1.82, 2.24) is 9.88 Å². The lowest BCUT2D eigenvalue weighted by atomic mass is 9.87. The van der Waals surface area contributed by atoms with Crippen molar-refractivity contribution in [1.29, 1.82) is 0 Å². The first-order chi connectivity index (χ1) is 19.8. The summed E-state index contributed by atoms with van der Waals surface area (Å²) in [7, 11) is 0. The summed E-state index contributed by atoms with van der Waals surface area (Å²) >= 11 is 0. The molecule has 41 heavy (non-hydrogen) atoms. The molecule has 2 aromatic carbocycles. The van der Waals surface area contributed by atoms with E-state index in [1.165, 1.54) is 0 Å². The molecule has 2 atom stereocenters. The van der Waals surface area contributed by atoms with E-state index in [9.17, 15) is 14.7 Å². The predicted octanol–water partition coefficient (Wildman–Crippen LogP) is 5.62. The maximum Gasteiger partial charge on any atom is 0.306 e. The Bertz CT molecular complexity index is 1370. The zero-order chi connectivity index (χ0) is 28.9. The van der Waals surface area contributed by atoms with Crippen LogP contribution in [0.1, 0.15) is 56.6 Å². The van der Waals surface area contributed by atoms with Crippen LogP contribution in [-0.4, -0.2) is 64.9 Å². The first-order valence-electron chi connectivity index (χ1n) is 14.5. The fraction of sp³-hybridized carbons (Fsp3) is 0.516. The Balaban J connectivity index is 1.27. The fourth-order valence-electron chi connectivity index (χ4n) is 5.95. The lowest BCUT2D eigenvalue weighted by Crippen LogP contribution is -2.46. The van der Waals surface area contributed by atoms with Gasteiger partial charge in [-0.2, -0.15) is 4.98 Å². The maximum atomic E-state index is 15.6. The molecule has 0 radical (unpaired) electrons. The second-order valence-corrected chi connectivity index (χ2v) is 11.0.